The summed E-state index contributed by atoms with van der Waals surface area (Å²) >= 11 is 0. The SMILES string of the molecule is CCn1ccnc1[C@@H]1OCC[C@H]1C(=O)N1CCC(CC)(CO)CC1. The molecule has 0 saturated carbocycles. The number of rotatable bonds is 5. The maximum atomic E-state index is 13.0. The minimum absolute atomic E-state index is 0.000816. The largest absolute Gasteiger partial charge is 0.396 e. The minimum Gasteiger partial charge on any atom is -0.396 e. The molecule has 2 atom stereocenters. The fraction of sp³-hybridized carbons (Fsp3) is 0.778. The van der Waals surface area contributed by atoms with Crippen LogP contribution in [-0.4, -0.2) is 51.8 Å². The Bertz CT molecular complexity index is 558. The quantitative estimate of drug-likeness (QED) is 0.893. The van der Waals surface area contributed by atoms with Crippen molar-refractivity contribution in [2.75, 3.05) is 26.3 Å². The van der Waals surface area contributed by atoms with Crippen molar-refractivity contribution in [3.63, 3.8) is 0 Å². The molecule has 1 N–H and O–H groups in total. The van der Waals surface area contributed by atoms with Crippen LogP contribution >= 0.6 is 0 Å². The molecule has 1 amide bonds. The van der Waals surface area contributed by atoms with Crippen molar-refractivity contribution in [1.82, 2.24) is 14.5 Å². The molecule has 2 fully saturated rings. The average molecular weight is 335 g/mol. The molecule has 6 heteroatoms. The molecule has 3 rings (SSSR count). The van der Waals surface area contributed by atoms with Crippen LogP contribution in [0.4, 0.5) is 0 Å². The van der Waals surface area contributed by atoms with Gasteiger partial charge in [-0.1, -0.05) is 6.92 Å². The number of hydrogen-bond donors (Lipinski definition) is 1. The van der Waals surface area contributed by atoms with E-state index in [9.17, 15) is 9.90 Å². The fourth-order valence-corrected chi connectivity index (χ4v) is 4.00. The van der Waals surface area contributed by atoms with Gasteiger partial charge in [0.05, 0.1) is 5.92 Å². The first kappa shape index (κ1) is 17.4. The van der Waals surface area contributed by atoms with Gasteiger partial charge < -0.3 is 19.3 Å². The van der Waals surface area contributed by atoms with Crippen molar-refractivity contribution < 1.29 is 14.6 Å². The third-order valence-electron chi connectivity index (χ3n) is 5.97. The summed E-state index contributed by atoms with van der Waals surface area (Å²) in [5.41, 5.74) is 0.000816. The highest BCUT2D eigenvalue weighted by atomic mass is 16.5. The highest BCUT2D eigenvalue weighted by Crippen LogP contribution is 2.38. The first-order chi connectivity index (χ1) is 11.6. The van der Waals surface area contributed by atoms with Crippen molar-refractivity contribution in [2.24, 2.45) is 11.3 Å². The van der Waals surface area contributed by atoms with Crippen LogP contribution in [0.5, 0.6) is 0 Å². The molecule has 6 nitrogen and oxygen atoms in total. The van der Waals surface area contributed by atoms with Gasteiger partial charge in [-0.05, 0) is 38.0 Å². The van der Waals surface area contributed by atoms with Crippen LogP contribution in [0.3, 0.4) is 0 Å². The lowest BCUT2D eigenvalue weighted by Gasteiger charge is -2.41. The van der Waals surface area contributed by atoms with E-state index in [2.05, 4.69) is 23.4 Å². The van der Waals surface area contributed by atoms with Gasteiger partial charge in [0, 0.05) is 45.2 Å². The predicted molar refractivity (Wildman–Crippen MR) is 90.3 cm³/mol. The van der Waals surface area contributed by atoms with E-state index in [1.165, 1.54) is 0 Å². The van der Waals surface area contributed by atoms with Crippen molar-refractivity contribution in [1.29, 1.82) is 0 Å². The summed E-state index contributed by atoms with van der Waals surface area (Å²) in [5, 5.41) is 9.67. The molecule has 3 heterocycles. The van der Waals surface area contributed by atoms with Crippen LogP contribution in [0.25, 0.3) is 0 Å². The van der Waals surface area contributed by atoms with E-state index in [0.29, 0.717) is 6.61 Å². The molecule has 0 radical (unpaired) electrons. The zero-order valence-corrected chi connectivity index (χ0v) is 14.8. The van der Waals surface area contributed by atoms with Gasteiger partial charge in [-0.2, -0.15) is 0 Å². The van der Waals surface area contributed by atoms with Gasteiger partial charge in [-0.3, -0.25) is 4.79 Å². The number of aliphatic hydroxyl groups is 1. The topological polar surface area (TPSA) is 67.6 Å². The molecule has 0 aliphatic carbocycles. The molecular weight excluding hydrogens is 306 g/mol. The van der Waals surface area contributed by atoms with Crippen LogP contribution < -0.4 is 0 Å². The molecule has 0 aromatic carbocycles. The second-order valence-electron chi connectivity index (χ2n) is 7.09. The highest BCUT2D eigenvalue weighted by Gasteiger charge is 2.42. The summed E-state index contributed by atoms with van der Waals surface area (Å²) in [6.07, 6.45) is 6.98. The molecule has 2 saturated heterocycles. The molecule has 1 aromatic rings. The molecule has 0 bridgehead atoms. The van der Waals surface area contributed by atoms with Gasteiger partial charge >= 0.3 is 0 Å². The lowest BCUT2D eigenvalue weighted by atomic mass is 9.76. The first-order valence-corrected chi connectivity index (χ1v) is 9.16. The summed E-state index contributed by atoms with van der Waals surface area (Å²) in [6.45, 7) is 7.32. The van der Waals surface area contributed by atoms with Crippen molar-refractivity contribution in [3.8, 4) is 0 Å². The van der Waals surface area contributed by atoms with Gasteiger partial charge in [0.25, 0.3) is 0 Å². The Kier molecular flexibility index (Phi) is 5.25. The Morgan fingerprint density at radius 1 is 1.42 bits per heavy atom. The van der Waals surface area contributed by atoms with E-state index in [1.807, 2.05) is 11.1 Å². The van der Waals surface area contributed by atoms with Gasteiger partial charge in [0.15, 0.2) is 0 Å². The number of carbonyl (C=O) groups is 1. The summed E-state index contributed by atoms with van der Waals surface area (Å²) < 4.78 is 7.93. The Balaban J connectivity index is 1.69. The molecule has 24 heavy (non-hydrogen) atoms. The van der Waals surface area contributed by atoms with Gasteiger partial charge in [-0.15, -0.1) is 0 Å². The van der Waals surface area contributed by atoms with E-state index >= 15 is 0 Å². The number of aryl methyl sites for hydroxylation is 1. The second-order valence-corrected chi connectivity index (χ2v) is 7.09. The third-order valence-corrected chi connectivity index (χ3v) is 5.97. The molecule has 2 aliphatic rings. The van der Waals surface area contributed by atoms with E-state index in [-0.39, 0.29) is 30.0 Å². The van der Waals surface area contributed by atoms with Gasteiger partial charge in [0.2, 0.25) is 5.91 Å². The van der Waals surface area contributed by atoms with E-state index < -0.39 is 0 Å². The standard InChI is InChI=1S/C18H29N3O3/c1-3-18(13-22)6-9-21(10-7-18)17(23)14-5-12-24-15(14)16-19-8-11-20(16)4-2/h8,11,14-15,22H,3-7,9-10,12-13H2,1-2H3/t14-,15-/m1/s1. The summed E-state index contributed by atoms with van der Waals surface area (Å²) in [4.78, 5) is 19.4. The van der Waals surface area contributed by atoms with E-state index in [0.717, 1.165) is 51.1 Å². The maximum absolute atomic E-state index is 13.0. The number of aliphatic hydroxyl groups excluding tert-OH is 1. The summed E-state index contributed by atoms with van der Waals surface area (Å²) in [6, 6.07) is 0. The van der Waals surface area contributed by atoms with E-state index in [4.69, 9.17) is 4.74 Å². The molecule has 134 valence electrons. The van der Waals surface area contributed by atoms with Crippen LogP contribution in [0.15, 0.2) is 12.4 Å². The normalized spacial score (nSPS) is 26.7. The van der Waals surface area contributed by atoms with Gasteiger partial charge in [-0.25, -0.2) is 4.98 Å². The van der Waals surface area contributed by atoms with Crippen molar-refractivity contribution in [3.05, 3.63) is 18.2 Å². The zero-order valence-electron chi connectivity index (χ0n) is 14.8. The number of likely N-dealkylation sites (tertiary alicyclic amines) is 1. The smallest absolute Gasteiger partial charge is 0.228 e. The van der Waals surface area contributed by atoms with Crippen LogP contribution in [0.2, 0.25) is 0 Å². The molecule has 0 unspecified atom stereocenters. The molecule has 0 spiro atoms. The van der Waals surface area contributed by atoms with Crippen molar-refractivity contribution in [2.45, 2.75) is 52.2 Å². The number of amides is 1. The second kappa shape index (κ2) is 7.23. The monoisotopic (exact) mass is 335 g/mol. The van der Waals surface area contributed by atoms with Crippen molar-refractivity contribution >= 4 is 5.91 Å². The lowest BCUT2D eigenvalue weighted by Crippen LogP contribution is -2.47. The number of ether oxygens (including phenoxy) is 1. The summed E-state index contributed by atoms with van der Waals surface area (Å²) in [7, 11) is 0. The highest BCUT2D eigenvalue weighted by molar-refractivity contribution is 5.80. The Hall–Kier alpha value is -1.40. The zero-order chi connectivity index (χ0) is 17.2. The summed E-state index contributed by atoms with van der Waals surface area (Å²) in [5.74, 6) is 0.912. The van der Waals surface area contributed by atoms with Crippen LogP contribution in [-0.2, 0) is 16.1 Å². The minimum atomic E-state index is -0.233. The average Bonchev–Trinajstić information content (AvgIpc) is 3.29. The number of nitrogens with zero attached hydrogens (tertiary/aromatic N) is 3. The number of aromatic nitrogens is 2. The van der Waals surface area contributed by atoms with Crippen LogP contribution in [0, 0.1) is 11.3 Å². The Labute approximate surface area is 143 Å². The number of piperidine rings is 1. The lowest BCUT2D eigenvalue weighted by molar-refractivity contribution is -0.140. The molecule has 2 aliphatic heterocycles. The number of imidazole rings is 1. The van der Waals surface area contributed by atoms with E-state index in [1.54, 1.807) is 6.20 Å². The molecule has 1 aromatic heterocycles. The Morgan fingerprint density at radius 3 is 2.79 bits per heavy atom. The van der Waals surface area contributed by atoms with Crippen LogP contribution in [0.1, 0.15) is 51.5 Å². The Morgan fingerprint density at radius 2 is 2.17 bits per heavy atom. The number of carbonyl (C=O) groups excluding carboxylic acids is 1. The first-order valence-electron chi connectivity index (χ1n) is 9.16. The molecular formula is C18H29N3O3. The maximum Gasteiger partial charge on any atom is 0.228 e. The predicted octanol–water partition coefficient (Wildman–Crippen LogP) is 1.99. The van der Waals surface area contributed by atoms with Gasteiger partial charge in [0.1, 0.15) is 11.9 Å². The number of hydrogen-bond acceptors (Lipinski definition) is 4. The fourth-order valence-electron chi connectivity index (χ4n) is 4.00. The third kappa shape index (κ3) is 3.09.